The van der Waals surface area contributed by atoms with Crippen molar-refractivity contribution in [3.63, 3.8) is 0 Å². The number of carbonyl (C=O) groups is 1. The van der Waals surface area contributed by atoms with Crippen LogP contribution in [0.1, 0.15) is 11.1 Å². The molecule has 0 aromatic heterocycles. The maximum Gasteiger partial charge on any atom is 0.418 e. The lowest BCUT2D eigenvalue weighted by molar-refractivity contribution is -0.137. The van der Waals surface area contributed by atoms with Crippen molar-refractivity contribution >= 4 is 17.4 Å². The van der Waals surface area contributed by atoms with Crippen molar-refractivity contribution in [2.45, 2.75) is 12.2 Å². The summed E-state index contributed by atoms with van der Waals surface area (Å²) < 4.78 is 45.8. The molecule has 4 N–H and O–H groups in total. The number of nitrogens with one attached hydrogen (secondary N) is 4. The Labute approximate surface area is 141 Å². The molecule has 0 radical (unpaired) electrons. The van der Waals surface area contributed by atoms with Gasteiger partial charge in [-0.05, 0) is 12.1 Å². The first-order valence-corrected chi connectivity index (χ1v) is 7.73. The Balaban J connectivity index is 1.83. The molecule has 0 spiro atoms. The zero-order valence-electron chi connectivity index (χ0n) is 13.3. The highest BCUT2D eigenvalue weighted by Crippen LogP contribution is 2.43. The van der Waals surface area contributed by atoms with E-state index in [4.69, 9.17) is 4.74 Å². The number of benzene rings is 1. The molecule has 2 amide bonds. The van der Waals surface area contributed by atoms with Crippen LogP contribution in [-0.4, -0.2) is 43.7 Å². The number of hydrogen-bond donors (Lipinski definition) is 4. The van der Waals surface area contributed by atoms with E-state index in [9.17, 15) is 18.0 Å². The summed E-state index contributed by atoms with van der Waals surface area (Å²) >= 11 is 0. The first-order chi connectivity index (χ1) is 11.8. The van der Waals surface area contributed by atoms with E-state index < -0.39 is 17.8 Å². The number of amides is 2. The molecule has 1 aromatic carbocycles. The Hall–Kier alpha value is -2.62. The molecule has 0 aliphatic carbocycles. The fraction of sp³-hybridized carbons (Fsp3) is 0.400. The van der Waals surface area contributed by atoms with E-state index in [-0.39, 0.29) is 24.1 Å². The normalized spacial score (nSPS) is 20.0. The van der Waals surface area contributed by atoms with Gasteiger partial charge in [-0.25, -0.2) is 4.79 Å². The van der Waals surface area contributed by atoms with Gasteiger partial charge < -0.3 is 15.4 Å². The maximum absolute atomic E-state index is 13.5. The van der Waals surface area contributed by atoms with Crippen molar-refractivity contribution in [1.82, 2.24) is 21.1 Å². The lowest BCUT2D eigenvalue weighted by Gasteiger charge is -2.35. The predicted octanol–water partition coefficient (Wildman–Crippen LogP) is 1.31. The van der Waals surface area contributed by atoms with Crippen LogP contribution in [0.2, 0.25) is 0 Å². The predicted molar refractivity (Wildman–Crippen MR) is 83.6 cm³/mol. The second kappa shape index (κ2) is 5.45. The first kappa shape index (κ1) is 15.9. The van der Waals surface area contributed by atoms with Crippen LogP contribution in [0.15, 0.2) is 17.8 Å². The molecule has 1 aromatic rings. The van der Waals surface area contributed by atoms with Crippen LogP contribution in [0, 0.1) is 0 Å². The number of ether oxygens (including phenoxy) is 1. The van der Waals surface area contributed by atoms with Gasteiger partial charge in [-0.1, -0.05) is 0 Å². The number of halogens is 3. The molecule has 0 saturated carbocycles. The lowest BCUT2D eigenvalue weighted by atomic mass is 9.99. The van der Waals surface area contributed by atoms with Crippen molar-refractivity contribution < 1.29 is 22.7 Å². The number of fused-ring (bicyclic) bond motifs is 2. The highest BCUT2D eigenvalue weighted by atomic mass is 19.4. The Morgan fingerprint density at radius 1 is 1.28 bits per heavy atom. The molecule has 3 heterocycles. The molecule has 10 heteroatoms. The smallest absolute Gasteiger partial charge is 0.418 e. The summed E-state index contributed by atoms with van der Waals surface area (Å²) in [5, 5.41) is 5.94. The third-order valence-electron chi connectivity index (χ3n) is 4.44. The van der Waals surface area contributed by atoms with Crippen LogP contribution in [0.5, 0.6) is 5.75 Å². The Morgan fingerprint density at radius 3 is 2.68 bits per heavy atom. The number of nitrogens with zero attached hydrogens (tertiary/aromatic N) is 1. The standard InChI is InChI=1S/C15H16F3N5O2/c1-23-13-8-2-10(20-7-4-19-5-7)9(15(16,17)18)3-12(8)25-6-11(13)21-22-14(23)24/h2-3,7,19-21H,4-6H2,1H3,(H,22,24). The van der Waals surface area contributed by atoms with Gasteiger partial charge in [0.2, 0.25) is 0 Å². The fourth-order valence-electron chi connectivity index (χ4n) is 3.02. The van der Waals surface area contributed by atoms with Crippen molar-refractivity contribution in [2.75, 3.05) is 32.1 Å². The van der Waals surface area contributed by atoms with Gasteiger partial charge in [0.1, 0.15) is 12.4 Å². The van der Waals surface area contributed by atoms with Gasteiger partial charge >= 0.3 is 12.2 Å². The SMILES string of the molecule is CN1C(=O)NNC2=C1c1cc(NC3CNC3)c(C(F)(F)F)cc1OC2. The van der Waals surface area contributed by atoms with Crippen LogP contribution in [-0.2, 0) is 6.18 Å². The van der Waals surface area contributed by atoms with Gasteiger partial charge in [-0.3, -0.25) is 15.8 Å². The fourth-order valence-corrected chi connectivity index (χ4v) is 3.02. The molecule has 0 bridgehead atoms. The topological polar surface area (TPSA) is 77.7 Å². The summed E-state index contributed by atoms with van der Waals surface area (Å²) in [6.07, 6.45) is -4.51. The lowest BCUT2D eigenvalue weighted by Crippen LogP contribution is -2.52. The molecule has 0 atom stereocenters. The van der Waals surface area contributed by atoms with Gasteiger partial charge in [-0.15, -0.1) is 0 Å². The molecule has 1 fully saturated rings. The van der Waals surface area contributed by atoms with Gasteiger partial charge in [-0.2, -0.15) is 13.2 Å². The molecular formula is C15H16F3N5O2. The minimum Gasteiger partial charge on any atom is -0.487 e. The minimum atomic E-state index is -4.51. The number of anilines is 1. The van der Waals surface area contributed by atoms with Gasteiger partial charge in [0, 0.05) is 31.4 Å². The monoisotopic (exact) mass is 355 g/mol. The summed E-state index contributed by atoms with van der Waals surface area (Å²) in [7, 11) is 1.56. The van der Waals surface area contributed by atoms with E-state index in [0.717, 1.165) is 6.07 Å². The summed E-state index contributed by atoms with van der Waals surface area (Å²) in [6.45, 7) is 1.24. The summed E-state index contributed by atoms with van der Waals surface area (Å²) in [5.41, 5.74) is 5.92. The molecule has 4 rings (SSSR count). The van der Waals surface area contributed by atoms with Crippen LogP contribution in [0.25, 0.3) is 5.70 Å². The van der Waals surface area contributed by atoms with Gasteiger partial charge in [0.15, 0.2) is 0 Å². The summed E-state index contributed by atoms with van der Waals surface area (Å²) in [5.74, 6) is 0.103. The van der Waals surface area contributed by atoms with Gasteiger partial charge in [0.25, 0.3) is 0 Å². The number of rotatable bonds is 2. The van der Waals surface area contributed by atoms with Gasteiger partial charge in [0.05, 0.1) is 23.0 Å². The second-order valence-corrected chi connectivity index (χ2v) is 6.12. The minimum absolute atomic E-state index is 0.0190. The van der Waals surface area contributed by atoms with E-state index in [1.165, 1.54) is 11.0 Å². The molecule has 3 aliphatic rings. The van der Waals surface area contributed by atoms with Crippen molar-refractivity contribution in [3.05, 3.63) is 29.0 Å². The zero-order valence-corrected chi connectivity index (χ0v) is 13.3. The largest absolute Gasteiger partial charge is 0.487 e. The summed E-state index contributed by atoms with van der Waals surface area (Å²) in [6, 6.07) is 1.93. The number of hydrogen-bond acceptors (Lipinski definition) is 5. The second-order valence-electron chi connectivity index (χ2n) is 6.12. The molecular weight excluding hydrogens is 339 g/mol. The average molecular weight is 355 g/mol. The zero-order chi connectivity index (χ0) is 17.8. The molecule has 134 valence electrons. The number of carbonyl (C=O) groups excluding carboxylic acids is 1. The first-order valence-electron chi connectivity index (χ1n) is 7.73. The van der Waals surface area contributed by atoms with E-state index >= 15 is 0 Å². The number of alkyl halides is 3. The summed E-state index contributed by atoms with van der Waals surface area (Å²) in [4.78, 5) is 13.2. The Bertz CT molecular complexity index is 773. The van der Waals surface area contributed by atoms with Crippen LogP contribution in [0.3, 0.4) is 0 Å². The highest BCUT2D eigenvalue weighted by molar-refractivity contribution is 5.91. The third kappa shape index (κ3) is 2.62. The molecule has 0 unspecified atom stereocenters. The van der Waals surface area contributed by atoms with E-state index in [0.29, 0.717) is 30.0 Å². The van der Waals surface area contributed by atoms with Crippen molar-refractivity contribution in [3.8, 4) is 5.75 Å². The number of urea groups is 1. The molecule has 25 heavy (non-hydrogen) atoms. The van der Waals surface area contributed by atoms with Crippen molar-refractivity contribution in [1.29, 1.82) is 0 Å². The van der Waals surface area contributed by atoms with E-state index in [1.807, 2.05) is 0 Å². The molecule has 7 nitrogen and oxygen atoms in total. The maximum atomic E-state index is 13.5. The van der Waals surface area contributed by atoms with E-state index in [2.05, 4.69) is 21.5 Å². The Morgan fingerprint density at radius 2 is 2.04 bits per heavy atom. The van der Waals surface area contributed by atoms with Crippen LogP contribution in [0.4, 0.5) is 23.7 Å². The average Bonchev–Trinajstić information content (AvgIpc) is 2.52. The quantitative estimate of drug-likeness (QED) is 0.644. The van der Waals surface area contributed by atoms with Crippen LogP contribution < -0.4 is 26.2 Å². The highest BCUT2D eigenvalue weighted by Gasteiger charge is 2.38. The number of hydrazine groups is 1. The Kier molecular flexibility index (Phi) is 3.46. The van der Waals surface area contributed by atoms with E-state index in [1.54, 1.807) is 7.05 Å². The van der Waals surface area contributed by atoms with Crippen molar-refractivity contribution in [2.24, 2.45) is 0 Å². The molecule has 3 aliphatic heterocycles. The third-order valence-corrected chi connectivity index (χ3v) is 4.44. The van der Waals surface area contributed by atoms with Crippen LogP contribution >= 0.6 is 0 Å². The molecule has 1 saturated heterocycles.